The smallest absolute Gasteiger partial charge is 0.393 e. The standard InChI is InChI=1S/C31H45F3N8O2/c1-19(2)26-29(36-20-4-7-23(43)8-5-20)39-30(27(38-26)28(35)44)37-21-6-9-25(24(18-21)31(32,33)34)42-12-10-22(11-13-42)41-16-14-40(3)15-17-41/h6,9,18-20,22-23,43H,4-5,7-8,10-17H2,1-3H3,(H2,35,44)(H2,36,37,39). The molecule has 10 nitrogen and oxygen atoms in total. The molecule has 0 unspecified atom stereocenters. The highest BCUT2D eigenvalue weighted by Crippen LogP contribution is 2.40. The van der Waals surface area contributed by atoms with Crippen molar-refractivity contribution in [3.8, 4) is 0 Å². The van der Waals surface area contributed by atoms with Crippen LogP contribution in [-0.4, -0.2) is 95.3 Å². The number of piperazine rings is 1. The molecule has 5 N–H and O–H groups in total. The molecule has 0 bridgehead atoms. The first kappa shape index (κ1) is 32.2. The van der Waals surface area contributed by atoms with E-state index in [-0.39, 0.29) is 41.0 Å². The molecule has 3 heterocycles. The van der Waals surface area contributed by atoms with Gasteiger partial charge in [-0.25, -0.2) is 9.97 Å². The maximum absolute atomic E-state index is 14.4. The number of anilines is 4. The van der Waals surface area contributed by atoms with Crippen LogP contribution in [0.5, 0.6) is 0 Å². The van der Waals surface area contributed by atoms with Gasteiger partial charge < -0.3 is 31.3 Å². The van der Waals surface area contributed by atoms with Crippen LogP contribution in [0.4, 0.5) is 36.2 Å². The van der Waals surface area contributed by atoms with Crippen LogP contribution in [-0.2, 0) is 6.18 Å². The Kier molecular flexibility index (Phi) is 9.86. The second-order valence-electron chi connectivity index (χ2n) is 12.7. The summed E-state index contributed by atoms with van der Waals surface area (Å²) in [6.07, 6.45) is -0.480. The van der Waals surface area contributed by atoms with Crippen LogP contribution in [0.1, 0.15) is 80.0 Å². The van der Waals surface area contributed by atoms with E-state index in [1.807, 2.05) is 18.7 Å². The van der Waals surface area contributed by atoms with E-state index in [2.05, 4.69) is 37.4 Å². The first-order chi connectivity index (χ1) is 20.9. The van der Waals surface area contributed by atoms with Gasteiger partial charge in [-0.3, -0.25) is 9.69 Å². The number of aromatic nitrogens is 2. The Morgan fingerprint density at radius 3 is 2.23 bits per heavy atom. The number of nitrogens with one attached hydrogen (secondary N) is 2. The molecule has 1 saturated carbocycles. The van der Waals surface area contributed by atoms with Crippen LogP contribution in [0, 0.1) is 0 Å². The average molecular weight is 619 g/mol. The van der Waals surface area contributed by atoms with Gasteiger partial charge in [-0.05, 0) is 69.7 Å². The molecule has 2 saturated heterocycles. The summed E-state index contributed by atoms with van der Waals surface area (Å²) in [5.41, 5.74) is 5.60. The number of carbonyl (C=O) groups excluding carboxylic acids is 1. The van der Waals surface area contributed by atoms with Crippen molar-refractivity contribution in [1.82, 2.24) is 19.8 Å². The predicted molar refractivity (Wildman–Crippen MR) is 166 cm³/mol. The van der Waals surface area contributed by atoms with Gasteiger partial charge in [0, 0.05) is 62.7 Å². The second kappa shape index (κ2) is 13.5. The normalized spacial score (nSPS) is 22.8. The van der Waals surface area contributed by atoms with E-state index in [1.54, 1.807) is 6.07 Å². The molecule has 0 spiro atoms. The lowest BCUT2D eigenvalue weighted by atomic mass is 9.93. The Balaban J connectivity index is 1.38. The first-order valence-electron chi connectivity index (χ1n) is 15.7. The molecule has 13 heteroatoms. The number of halogens is 3. The Hall–Kier alpha value is -3.16. The average Bonchev–Trinajstić information content (AvgIpc) is 2.98. The third-order valence-electron chi connectivity index (χ3n) is 9.16. The number of benzene rings is 1. The van der Waals surface area contributed by atoms with Crippen LogP contribution in [0.15, 0.2) is 18.2 Å². The summed E-state index contributed by atoms with van der Waals surface area (Å²) >= 11 is 0. The monoisotopic (exact) mass is 618 g/mol. The zero-order chi connectivity index (χ0) is 31.6. The maximum atomic E-state index is 14.4. The minimum Gasteiger partial charge on any atom is -0.393 e. The van der Waals surface area contributed by atoms with E-state index < -0.39 is 17.6 Å². The zero-order valence-electron chi connectivity index (χ0n) is 25.8. The highest BCUT2D eigenvalue weighted by Gasteiger charge is 2.37. The van der Waals surface area contributed by atoms with Gasteiger partial charge in [0.15, 0.2) is 17.3 Å². The van der Waals surface area contributed by atoms with E-state index in [1.165, 1.54) is 6.07 Å². The van der Waals surface area contributed by atoms with E-state index in [0.717, 1.165) is 57.9 Å². The van der Waals surface area contributed by atoms with Crippen LogP contribution >= 0.6 is 0 Å². The molecule has 2 aliphatic heterocycles. The predicted octanol–water partition coefficient (Wildman–Crippen LogP) is 4.39. The highest BCUT2D eigenvalue weighted by atomic mass is 19.4. The SMILES string of the molecule is CC(C)c1nc(C(N)=O)c(Nc2ccc(N3CCC(N4CCN(C)CC4)CC3)c(C(F)(F)F)c2)nc1NC1CCC(O)CC1. The van der Waals surface area contributed by atoms with Crippen molar-refractivity contribution in [2.24, 2.45) is 5.73 Å². The fourth-order valence-electron chi connectivity index (χ4n) is 6.54. The van der Waals surface area contributed by atoms with Gasteiger partial charge in [0.1, 0.15) is 0 Å². The van der Waals surface area contributed by atoms with E-state index in [9.17, 15) is 23.1 Å². The van der Waals surface area contributed by atoms with Crippen molar-refractivity contribution in [1.29, 1.82) is 0 Å². The Labute approximate surface area is 257 Å². The number of primary amides is 1. The largest absolute Gasteiger partial charge is 0.418 e. The number of alkyl halides is 3. The van der Waals surface area contributed by atoms with Crippen molar-refractivity contribution in [2.75, 3.05) is 61.8 Å². The molecule has 1 aliphatic carbocycles. The van der Waals surface area contributed by atoms with Gasteiger partial charge in [-0.15, -0.1) is 0 Å². The lowest BCUT2D eigenvalue weighted by molar-refractivity contribution is -0.137. The molecule has 3 fully saturated rings. The van der Waals surface area contributed by atoms with Gasteiger partial charge >= 0.3 is 6.18 Å². The number of nitrogens with zero attached hydrogens (tertiary/aromatic N) is 5. The summed E-state index contributed by atoms with van der Waals surface area (Å²) < 4.78 is 43.3. The minimum absolute atomic E-state index is 0.00545. The number of rotatable bonds is 8. The van der Waals surface area contributed by atoms with Gasteiger partial charge in [0.25, 0.3) is 5.91 Å². The summed E-state index contributed by atoms with van der Waals surface area (Å²) in [6.45, 7) is 8.94. The van der Waals surface area contributed by atoms with Gasteiger partial charge in [-0.1, -0.05) is 13.8 Å². The Morgan fingerprint density at radius 1 is 0.977 bits per heavy atom. The molecule has 0 radical (unpaired) electrons. The van der Waals surface area contributed by atoms with Gasteiger partial charge in [0.2, 0.25) is 0 Å². The fourth-order valence-corrected chi connectivity index (χ4v) is 6.54. The van der Waals surface area contributed by atoms with Gasteiger partial charge in [-0.2, -0.15) is 13.2 Å². The van der Waals surface area contributed by atoms with Crippen LogP contribution < -0.4 is 21.3 Å². The molecular formula is C31H45F3N8O2. The van der Waals surface area contributed by atoms with Crippen molar-refractivity contribution in [2.45, 2.75) is 82.7 Å². The molecule has 1 aromatic heterocycles. The van der Waals surface area contributed by atoms with Crippen molar-refractivity contribution < 1.29 is 23.1 Å². The molecule has 44 heavy (non-hydrogen) atoms. The lowest BCUT2D eigenvalue weighted by Gasteiger charge is -2.43. The maximum Gasteiger partial charge on any atom is 0.418 e. The quantitative estimate of drug-likeness (QED) is 0.341. The third-order valence-corrected chi connectivity index (χ3v) is 9.16. The molecule has 1 aromatic carbocycles. The number of piperidine rings is 1. The fraction of sp³-hybridized carbons (Fsp3) is 0.645. The number of hydrogen-bond donors (Lipinski definition) is 4. The molecule has 0 atom stereocenters. The lowest BCUT2D eigenvalue weighted by Crippen LogP contribution is -2.52. The summed E-state index contributed by atoms with van der Waals surface area (Å²) in [5.74, 6) is -0.480. The number of hydrogen-bond acceptors (Lipinski definition) is 9. The third kappa shape index (κ3) is 7.55. The molecule has 3 aliphatic rings. The van der Waals surface area contributed by atoms with E-state index in [0.29, 0.717) is 43.5 Å². The van der Waals surface area contributed by atoms with Crippen LogP contribution in [0.25, 0.3) is 0 Å². The summed E-state index contributed by atoms with van der Waals surface area (Å²) in [5, 5.41) is 16.2. The van der Waals surface area contributed by atoms with Crippen LogP contribution in [0.3, 0.4) is 0 Å². The molecule has 1 amide bonds. The second-order valence-corrected chi connectivity index (χ2v) is 12.7. The number of amides is 1. The zero-order valence-corrected chi connectivity index (χ0v) is 25.8. The number of likely N-dealkylation sites (N-methyl/N-ethyl adjacent to an activating group) is 1. The molecule has 2 aromatic rings. The highest BCUT2D eigenvalue weighted by molar-refractivity contribution is 5.96. The number of aliphatic hydroxyl groups excluding tert-OH is 1. The van der Waals surface area contributed by atoms with E-state index >= 15 is 0 Å². The molecule has 5 rings (SSSR count). The Morgan fingerprint density at radius 2 is 1.64 bits per heavy atom. The summed E-state index contributed by atoms with van der Waals surface area (Å²) in [6, 6.07) is 4.58. The molecular weight excluding hydrogens is 573 g/mol. The summed E-state index contributed by atoms with van der Waals surface area (Å²) in [7, 11) is 2.11. The van der Waals surface area contributed by atoms with Gasteiger partial charge in [0.05, 0.1) is 17.4 Å². The first-order valence-corrected chi connectivity index (χ1v) is 15.7. The van der Waals surface area contributed by atoms with Crippen LogP contribution in [0.2, 0.25) is 0 Å². The van der Waals surface area contributed by atoms with Crippen molar-refractivity contribution >= 4 is 28.9 Å². The molecule has 242 valence electrons. The topological polar surface area (TPSA) is 123 Å². The van der Waals surface area contributed by atoms with Crippen molar-refractivity contribution in [3.63, 3.8) is 0 Å². The van der Waals surface area contributed by atoms with Crippen molar-refractivity contribution in [3.05, 3.63) is 35.2 Å². The number of aliphatic hydroxyl groups is 1. The number of nitrogens with two attached hydrogens (primary N) is 1. The minimum atomic E-state index is -4.58. The summed E-state index contributed by atoms with van der Waals surface area (Å²) in [4.78, 5) is 28.2. The Bertz CT molecular complexity index is 1300. The van der Waals surface area contributed by atoms with E-state index in [4.69, 9.17) is 5.73 Å². The number of carbonyl (C=O) groups is 1.